The van der Waals surface area contributed by atoms with E-state index in [0.29, 0.717) is 23.9 Å². The van der Waals surface area contributed by atoms with Crippen molar-refractivity contribution >= 4 is 11.0 Å². The summed E-state index contributed by atoms with van der Waals surface area (Å²) in [5.74, 6) is 1.37. The van der Waals surface area contributed by atoms with Gasteiger partial charge in [-0.2, -0.15) is 13.2 Å². The Balaban J connectivity index is 1.53. The minimum Gasteiger partial charge on any atom is -0.327 e. The Morgan fingerprint density at radius 3 is 2.55 bits per heavy atom. The Labute approximate surface area is 180 Å². The predicted molar refractivity (Wildman–Crippen MR) is 116 cm³/mol. The molecule has 3 aromatic rings. The molecule has 0 N–H and O–H groups in total. The van der Waals surface area contributed by atoms with Gasteiger partial charge >= 0.3 is 6.18 Å². The van der Waals surface area contributed by atoms with Crippen LogP contribution in [0.15, 0.2) is 48.5 Å². The van der Waals surface area contributed by atoms with Crippen LogP contribution in [0.25, 0.3) is 11.0 Å². The Morgan fingerprint density at radius 1 is 0.935 bits per heavy atom. The lowest BCUT2D eigenvalue weighted by Crippen LogP contribution is -2.49. The van der Waals surface area contributed by atoms with Crippen molar-refractivity contribution < 1.29 is 13.2 Å². The SMILES string of the molecule is FC(F)(F)c1ccc2c(c1)nc(Cc1ccccc1)n2C[C@H]1CCCN2CCCC[C@H]12. The van der Waals surface area contributed by atoms with Crippen LogP contribution >= 0.6 is 0 Å². The molecule has 2 atom stereocenters. The number of nitrogens with zero attached hydrogens (tertiary/aromatic N) is 3. The molecular weight excluding hydrogens is 399 g/mol. The molecule has 0 unspecified atom stereocenters. The van der Waals surface area contributed by atoms with Crippen LogP contribution in [0.3, 0.4) is 0 Å². The molecule has 31 heavy (non-hydrogen) atoms. The number of halogens is 3. The molecule has 2 aromatic carbocycles. The van der Waals surface area contributed by atoms with E-state index in [-0.39, 0.29) is 0 Å². The van der Waals surface area contributed by atoms with E-state index in [2.05, 4.69) is 9.47 Å². The van der Waals surface area contributed by atoms with Gasteiger partial charge in [-0.05, 0) is 68.5 Å². The average Bonchev–Trinajstić information content (AvgIpc) is 3.10. The van der Waals surface area contributed by atoms with Gasteiger partial charge in [0.25, 0.3) is 0 Å². The molecule has 2 fully saturated rings. The Kier molecular flexibility index (Phi) is 5.51. The van der Waals surface area contributed by atoms with Gasteiger partial charge in [-0.3, -0.25) is 0 Å². The van der Waals surface area contributed by atoms with Crippen molar-refractivity contribution in [1.82, 2.24) is 14.5 Å². The van der Waals surface area contributed by atoms with E-state index in [9.17, 15) is 13.2 Å². The first-order chi connectivity index (χ1) is 15.0. The lowest BCUT2D eigenvalue weighted by atomic mass is 9.83. The summed E-state index contributed by atoms with van der Waals surface area (Å²) in [6.07, 6.45) is 2.40. The van der Waals surface area contributed by atoms with E-state index in [1.165, 1.54) is 57.3 Å². The molecule has 5 rings (SSSR count). The Morgan fingerprint density at radius 2 is 1.74 bits per heavy atom. The van der Waals surface area contributed by atoms with Gasteiger partial charge in [0.05, 0.1) is 16.6 Å². The summed E-state index contributed by atoms with van der Waals surface area (Å²) in [5.41, 5.74) is 1.74. The van der Waals surface area contributed by atoms with Gasteiger partial charge < -0.3 is 9.47 Å². The molecule has 0 saturated carbocycles. The fourth-order valence-electron chi connectivity index (χ4n) is 5.50. The standard InChI is InChI=1S/C25H28F3N3/c26-25(27,28)20-11-12-23-21(16-20)29-24(15-18-7-2-1-3-8-18)31(23)17-19-9-6-14-30-13-5-4-10-22(19)30/h1-3,7-8,11-12,16,19,22H,4-6,9-10,13-15,17H2/t19-,22-/m1/s1. The predicted octanol–water partition coefficient (Wildman–Crippen LogP) is 5.91. The minimum absolute atomic E-state index is 0.442. The molecule has 1 aromatic heterocycles. The topological polar surface area (TPSA) is 21.1 Å². The molecule has 2 saturated heterocycles. The third-order valence-corrected chi connectivity index (χ3v) is 7.01. The highest BCUT2D eigenvalue weighted by Crippen LogP contribution is 2.35. The lowest BCUT2D eigenvalue weighted by molar-refractivity contribution is -0.137. The average molecular weight is 428 g/mol. The zero-order chi connectivity index (χ0) is 21.4. The summed E-state index contributed by atoms with van der Waals surface area (Å²) in [6.45, 7) is 3.18. The van der Waals surface area contributed by atoms with Crippen molar-refractivity contribution in [2.75, 3.05) is 13.1 Å². The monoisotopic (exact) mass is 427 g/mol. The number of imidazole rings is 1. The molecular formula is C25H28F3N3. The molecule has 3 nitrogen and oxygen atoms in total. The molecule has 0 bridgehead atoms. The number of aromatic nitrogens is 2. The normalized spacial score (nSPS) is 22.5. The highest BCUT2D eigenvalue weighted by molar-refractivity contribution is 5.77. The van der Waals surface area contributed by atoms with Crippen molar-refractivity contribution in [1.29, 1.82) is 0 Å². The second-order valence-corrected chi connectivity index (χ2v) is 9.00. The summed E-state index contributed by atoms with van der Waals surface area (Å²) in [7, 11) is 0. The summed E-state index contributed by atoms with van der Waals surface area (Å²) < 4.78 is 42.1. The molecule has 0 aliphatic carbocycles. The highest BCUT2D eigenvalue weighted by atomic mass is 19.4. The molecule has 2 aliphatic rings. The molecule has 0 amide bonds. The van der Waals surface area contributed by atoms with Crippen molar-refractivity contribution in [3.63, 3.8) is 0 Å². The first-order valence-corrected chi connectivity index (χ1v) is 11.3. The van der Waals surface area contributed by atoms with Crippen LogP contribution in [0.5, 0.6) is 0 Å². The molecule has 164 valence electrons. The summed E-state index contributed by atoms with van der Waals surface area (Å²) in [4.78, 5) is 7.34. The smallest absolute Gasteiger partial charge is 0.327 e. The van der Waals surface area contributed by atoms with Crippen LogP contribution in [-0.2, 0) is 19.1 Å². The largest absolute Gasteiger partial charge is 0.416 e. The number of hydrogen-bond acceptors (Lipinski definition) is 2. The molecule has 0 spiro atoms. The van der Waals surface area contributed by atoms with Gasteiger partial charge in [-0.25, -0.2) is 4.98 Å². The maximum atomic E-state index is 13.3. The first kappa shape index (κ1) is 20.6. The van der Waals surface area contributed by atoms with Gasteiger partial charge in [0.1, 0.15) is 5.82 Å². The second-order valence-electron chi connectivity index (χ2n) is 9.00. The van der Waals surface area contributed by atoms with Gasteiger partial charge in [0.15, 0.2) is 0 Å². The van der Waals surface area contributed by atoms with E-state index in [4.69, 9.17) is 4.98 Å². The maximum Gasteiger partial charge on any atom is 0.416 e. The van der Waals surface area contributed by atoms with E-state index in [1.807, 2.05) is 30.3 Å². The van der Waals surface area contributed by atoms with Crippen molar-refractivity contribution in [3.05, 3.63) is 65.5 Å². The van der Waals surface area contributed by atoms with Gasteiger partial charge in [0.2, 0.25) is 0 Å². The van der Waals surface area contributed by atoms with Crippen molar-refractivity contribution in [2.45, 2.75) is 57.3 Å². The Bertz CT molecular complexity index is 1040. The van der Waals surface area contributed by atoms with Gasteiger partial charge in [0, 0.05) is 19.0 Å². The number of piperidine rings is 2. The number of rotatable bonds is 4. The molecule has 3 heterocycles. The third kappa shape index (κ3) is 4.22. The fraction of sp³-hybridized carbons (Fsp3) is 0.480. The number of alkyl halides is 3. The van der Waals surface area contributed by atoms with Gasteiger partial charge in [-0.1, -0.05) is 36.8 Å². The minimum atomic E-state index is -4.36. The lowest BCUT2D eigenvalue weighted by Gasteiger charge is -2.44. The van der Waals surface area contributed by atoms with E-state index in [1.54, 1.807) is 6.07 Å². The quantitative estimate of drug-likeness (QED) is 0.516. The van der Waals surface area contributed by atoms with Crippen LogP contribution in [0.1, 0.15) is 49.1 Å². The van der Waals surface area contributed by atoms with Crippen molar-refractivity contribution in [3.8, 4) is 0 Å². The van der Waals surface area contributed by atoms with E-state index in [0.717, 1.165) is 23.4 Å². The van der Waals surface area contributed by atoms with E-state index < -0.39 is 11.7 Å². The fourth-order valence-corrected chi connectivity index (χ4v) is 5.50. The van der Waals surface area contributed by atoms with Gasteiger partial charge in [-0.15, -0.1) is 0 Å². The third-order valence-electron chi connectivity index (χ3n) is 7.01. The van der Waals surface area contributed by atoms with Crippen molar-refractivity contribution in [2.24, 2.45) is 5.92 Å². The number of hydrogen-bond donors (Lipinski definition) is 0. The van der Waals surface area contributed by atoms with Crippen LogP contribution in [0.4, 0.5) is 13.2 Å². The Hall–Kier alpha value is -2.34. The summed E-state index contributed by atoms with van der Waals surface area (Å²) in [5, 5.41) is 0. The molecule has 2 aliphatic heterocycles. The maximum absolute atomic E-state index is 13.3. The zero-order valence-corrected chi connectivity index (χ0v) is 17.6. The van der Waals surface area contributed by atoms with E-state index >= 15 is 0 Å². The van der Waals surface area contributed by atoms with Crippen LogP contribution in [0.2, 0.25) is 0 Å². The second kappa shape index (κ2) is 8.30. The molecule has 0 radical (unpaired) electrons. The van der Waals surface area contributed by atoms with Crippen LogP contribution in [0, 0.1) is 5.92 Å². The summed E-state index contributed by atoms with van der Waals surface area (Å²) in [6, 6.07) is 14.6. The number of fused-ring (bicyclic) bond motifs is 2. The molecule has 6 heteroatoms. The summed E-state index contributed by atoms with van der Waals surface area (Å²) >= 11 is 0. The first-order valence-electron chi connectivity index (χ1n) is 11.3. The number of benzene rings is 2. The highest BCUT2D eigenvalue weighted by Gasteiger charge is 2.34. The van der Waals surface area contributed by atoms with Crippen LogP contribution < -0.4 is 0 Å². The zero-order valence-electron chi connectivity index (χ0n) is 17.6. The van der Waals surface area contributed by atoms with Crippen LogP contribution in [-0.4, -0.2) is 33.6 Å².